The summed E-state index contributed by atoms with van der Waals surface area (Å²) in [6.07, 6.45) is 3.65. The number of nitrogens with zero attached hydrogens (tertiary/aromatic N) is 4. The van der Waals surface area contributed by atoms with Crippen LogP contribution in [0.25, 0.3) is 10.9 Å². The molecule has 2 aromatic rings. The summed E-state index contributed by atoms with van der Waals surface area (Å²) in [6.45, 7) is 2.76. The number of nitrogens with two attached hydrogens (primary N) is 1. The van der Waals surface area contributed by atoms with Crippen molar-refractivity contribution in [3.63, 3.8) is 0 Å². The van der Waals surface area contributed by atoms with Gasteiger partial charge in [-0.2, -0.15) is 5.10 Å². The Morgan fingerprint density at radius 2 is 2.31 bits per heavy atom. The molecule has 0 spiro atoms. The van der Waals surface area contributed by atoms with Gasteiger partial charge in [-0.05, 0) is 13.0 Å². The van der Waals surface area contributed by atoms with Crippen LogP contribution < -0.4 is 10.6 Å². The molecule has 0 saturated heterocycles. The van der Waals surface area contributed by atoms with E-state index in [4.69, 9.17) is 5.73 Å². The van der Waals surface area contributed by atoms with E-state index in [1.54, 1.807) is 6.20 Å². The molecule has 0 aromatic carbocycles. The van der Waals surface area contributed by atoms with E-state index in [1.807, 2.05) is 38.0 Å². The Morgan fingerprint density at radius 3 is 3.00 bits per heavy atom. The average molecular weight is 219 g/mol. The summed E-state index contributed by atoms with van der Waals surface area (Å²) < 4.78 is 1.85. The van der Waals surface area contributed by atoms with Crippen LogP contribution in [0.5, 0.6) is 0 Å². The smallest absolute Gasteiger partial charge is 0.139 e. The third-order valence-corrected chi connectivity index (χ3v) is 2.58. The van der Waals surface area contributed by atoms with Crippen molar-refractivity contribution in [2.24, 2.45) is 12.8 Å². The van der Waals surface area contributed by atoms with Crippen molar-refractivity contribution in [2.45, 2.75) is 13.0 Å². The van der Waals surface area contributed by atoms with Crippen LogP contribution in [0.4, 0.5) is 5.82 Å². The van der Waals surface area contributed by atoms with Gasteiger partial charge in [-0.1, -0.05) is 0 Å². The van der Waals surface area contributed by atoms with Crippen molar-refractivity contribution in [1.82, 2.24) is 14.8 Å². The van der Waals surface area contributed by atoms with Gasteiger partial charge in [-0.25, -0.2) is 4.98 Å². The number of fused-ring (bicyclic) bond motifs is 1. The number of hydrogen-bond acceptors (Lipinski definition) is 4. The minimum absolute atomic E-state index is 0.124. The van der Waals surface area contributed by atoms with E-state index in [2.05, 4.69) is 15.0 Å². The molecule has 2 aromatic heterocycles. The lowest BCUT2D eigenvalue weighted by Crippen LogP contribution is -2.33. The van der Waals surface area contributed by atoms with E-state index in [0.717, 1.165) is 23.3 Å². The van der Waals surface area contributed by atoms with Gasteiger partial charge in [-0.15, -0.1) is 0 Å². The lowest BCUT2D eigenvalue weighted by Gasteiger charge is -2.20. The Kier molecular flexibility index (Phi) is 2.78. The van der Waals surface area contributed by atoms with Crippen molar-refractivity contribution in [2.75, 3.05) is 18.5 Å². The molecule has 2 rings (SSSR count). The molecule has 0 aliphatic heterocycles. The van der Waals surface area contributed by atoms with E-state index in [-0.39, 0.29) is 6.04 Å². The summed E-state index contributed by atoms with van der Waals surface area (Å²) in [5.41, 5.74) is 6.87. The Morgan fingerprint density at radius 1 is 1.56 bits per heavy atom. The van der Waals surface area contributed by atoms with E-state index < -0.39 is 0 Å². The molecular formula is C11H17N5. The molecular weight excluding hydrogens is 202 g/mol. The normalized spacial score (nSPS) is 13.0. The molecule has 86 valence electrons. The molecule has 0 fully saturated rings. The van der Waals surface area contributed by atoms with Crippen LogP contribution in [0.1, 0.15) is 6.92 Å². The first-order valence-electron chi connectivity index (χ1n) is 5.33. The second-order valence-electron chi connectivity index (χ2n) is 4.19. The highest BCUT2D eigenvalue weighted by molar-refractivity contribution is 5.89. The summed E-state index contributed by atoms with van der Waals surface area (Å²) in [5, 5.41) is 5.30. The molecule has 0 aliphatic carbocycles. The summed E-state index contributed by atoms with van der Waals surface area (Å²) in [4.78, 5) is 6.45. The Labute approximate surface area is 94.9 Å². The van der Waals surface area contributed by atoms with Gasteiger partial charge in [0.05, 0.1) is 17.1 Å². The average Bonchev–Trinajstić information content (AvgIpc) is 2.59. The van der Waals surface area contributed by atoms with Crippen LogP contribution in [0.3, 0.4) is 0 Å². The van der Waals surface area contributed by atoms with Crippen molar-refractivity contribution < 1.29 is 0 Å². The number of aryl methyl sites for hydroxylation is 1. The highest BCUT2D eigenvalue weighted by Gasteiger charge is 2.11. The molecule has 0 amide bonds. The summed E-state index contributed by atoms with van der Waals surface area (Å²) in [7, 11) is 3.93. The van der Waals surface area contributed by atoms with Crippen LogP contribution in [-0.4, -0.2) is 34.4 Å². The molecule has 0 aliphatic rings. The maximum Gasteiger partial charge on any atom is 0.139 e. The molecule has 1 atom stereocenters. The van der Waals surface area contributed by atoms with Gasteiger partial charge in [0.15, 0.2) is 0 Å². The first-order valence-corrected chi connectivity index (χ1v) is 5.33. The topological polar surface area (TPSA) is 60.0 Å². The number of aromatic nitrogens is 3. The lowest BCUT2D eigenvalue weighted by molar-refractivity contribution is 0.713. The first-order chi connectivity index (χ1) is 7.59. The highest BCUT2D eigenvalue weighted by atomic mass is 15.3. The number of pyridine rings is 1. The fourth-order valence-corrected chi connectivity index (χ4v) is 1.89. The Balaban J connectivity index is 2.44. The standard InChI is InChI=1S/C11H17N5/c1-8(12)7-15(2)11-9-6-14-16(3)10(9)4-5-13-11/h4-6,8H,7,12H2,1-3H3. The van der Waals surface area contributed by atoms with Gasteiger partial charge in [0.25, 0.3) is 0 Å². The van der Waals surface area contributed by atoms with E-state index in [1.165, 1.54) is 0 Å². The molecule has 2 heterocycles. The minimum atomic E-state index is 0.124. The molecule has 5 nitrogen and oxygen atoms in total. The molecule has 1 unspecified atom stereocenters. The Hall–Kier alpha value is -1.62. The van der Waals surface area contributed by atoms with Crippen molar-refractivity contribution in [3.05, 3.63) is 18.5 Å². The van der Waals surface area contributed by atoms with Gasteiger partial charge in [-0.3, -0.25) is 4.68 Å². The SMILES string of the molecule is CC(N)CN(C)c1nccc2c1cnn2C. The second kappa shape index (κ2) is 4.09. The van der Waals surface area contributed by atoms with E-state index in [0.29, 0.717) is 0 Å². The fraction of sp³-hybridized carbons (Fsp3) is 0.455. The summed E-state index contributed by atoms with van der Waals surface area (Å²) in [5.74, 6) is 0.933. The van der Waals surface area contributed by atoms with Crippen LogP contribution >= 0.6 is 0 Å². The molecule has 5 heteroatoms. The molecule has 0 saturated carbocycles. The van der Waals surface area contributed by atoms with Crippen molar-refractivity contribution >= 4 is 16.7 Å². The van der Waals surface area contributed by atoms with Crippen LogP contribution in [-0.2, 0) is 7.05 Å². The van der Waals surface area contributed by atoms with Crippen LogP contribution in [0, 0.1) is 0 Å². The van der Waals surface area contributed by atoms with Gasteiger partial charge in [0.1, 0.15) is 5.82 Å². The van der Waals surface area contributed by atoms with Crippen molar-refractivity contribution in [1.29, 1.82) is 0 Å². The number of hydrogen-bond donors (Lipinski definition) is 1. The molecule has 2 N–H and O–H groups in total. The third-order valence-electron chi connectivity index (χ3n) is 2.58. The number of anilines is 1. The highest BCUT2D eigenvalue weighted by Crippen LogP contribution is 2.22. The monoisotopic (exact) mass is 219 g/mol. The maximum absolute atomic E-state index is 5.79. The summed E-state index contributed by atoms with van der Waals surface area (Å²) in [6, 6.07) is 2.09. The quantitative estimate of drug-likeness (QED) is 0.827. The maximum atomic E-state index is 5.79. The zero-order valence-electron chi connectivity index (χ0n) is 9.88. The fourth-order valence-electron chi connectivity index (χ4n) is 1.89. The van der Waals surface area contributed by atoms with Gasteiger partial charge < -0.3 is 10.6 Å². The zero-order valence-corrected chi connectivity index (χ0v) is 9.88. The summed E-state index contributed by atoms with van der Waals surface area (Å²) >= 11 is 0. The molecule has 16 heavy (non-hydrogen) atoms. The zero-order chi connectivity index (χ0) is 11.7. The lowest BCUT2D eigenvalue weighted by atomic mass is 10.2. The van der Waals surface area contributed by atoms with Crippen LogP contribution in [0.2, 0.25) is 0 Å². The largest absolute Gasteiger partial charge is 0.358 e. The molecule has 0 bridgehead atoms. The van der Waals surface area contributed by atoms with Gasteiger partial charge in [0, 0.05) is 32.9 Å². The van der Waals surface area contributed by atoms with E-state index >= 15 is 0 Å². The second-order valence-corrected chi connectivity index (χ2v) is 4.19. The molecule has 0 radical (unpaired) electrons. The van der Waals surface area contributed by atoms with Gasteiger partial charge in [0.2, 0.25) is 0 Å². The van der Waals surface area contributed by atoms with Crippen molar-refractivity contribution in [3.8, 4) is 0 Å². The number of rotatable bonds is 3. The minimum Gasteiger partial charge on any atom is -0.358 e. The predicted molar refractivity (Wildman–Crippen MR) is 65.4 cm³/mol. The first kappa shape index (κ1) is 10.9. The Bertz CT molecular complexity index is 488. The number of likely N-dealkylation sites (N-methyl/N-ethyl adjacent to an activating group) is 1. The van der Waals surface area contributed by atoms with Gasteiger partial charge >= 0.3 is 0 Å². The van der Waals surface area contributed by atoms with Crippen LogP contribution in [0.15, 0.2) is 18.5 Å². The third kappa shape index (κ3) is 1.86. The van der Waals surface area contributed by atoms with E-state index in [9.17, 15) is 0 Å². The predicted octanol–water partition coefficient (Wildman–Crippen LogP) is 0.752.